The average molecular weight is 261 g/mol. The molecule has 0 saturated heterocycles. The van der Waals surface area contributed by atoms with Gasteiger partial charge in [0, 0.05) is 6.54 Å². The van der Waals surface area contributed by atoms with E-state index in [1.54, 1.807) is 6.92 Å². The number of hydrogen-bond acceptors (Lipinski definition) is 3. The number of halogens is 1. The Bertz CT molecular complexity index is 485. The van der Waals surface area contributed by atoms with Crippen molar-refractivity contribution in [3.05, 3.63) is 30.1 Å². The first-order chi connectivity index (χ1) is 7.77. The molecule has 6 heteroatoms. The summed E-state index contributed by atoms with van der Waals surface area (Å²) < 4.78 is 38.7. The lowest BCUT2D eigenvalue weighted by Crippen LogP contribution is -2.40. The van der Waals surface area contributed by atoms with E-state index in [0.29, 0.717) is 6.42 Å². The molecule has 0 fully saturated rings. The Kier molecular flexibility index (Phi) is 4.24. The summed E-state index contributed by atoms with van der Waals surface area (Å²) in [4.78, 5) is -0.149. The lowest BCUT2D eigenvalue weighted by atomic mass is 10.1. The first-order valence-corrected chi connectivity index (χ1v) is 6.73. The molecule has 17 heavy (non-hydrogen) atoms. The van der Waals surface area contributed by atoms with E-state index in [9.17, 15) is 17.9 Å². The summed E-state index contributed by atoms with van der Waals surface area (Å²) in [6, 6.07) is 4.72. The monoisotopic (exact) mass is 261 g/mol. The topological polar surface area (TPSA) is 66.4 Å². The first kappa shape index (κ1) is 14.1. The highest BCUT2D eigenvalue weighted by Crippen LogP contribution is 2.12. The molecule has 1 unspecified atom stereocenters. The maximum Gasteiger partial charge on any atom is 0.240 e. The zero-order valence-corrected chi connectivity index (χ0v) is 10.6. The van der Waals surface area contributed by atoms with Crippen LogP contribution in [0.1, 0.15) is 20.3 Å². The van der Waals surface area contributed by atoms with Gasteiger partial charge in [0.2, 0.25) is 10.0 Å². The SMILES string of the molecule is CCC(C)(O)CNS(=O)(=O)c1cccc(F)c1. The van der Waals surface area contributed by atoms with Gasteiger partial charge in [-0.1, -0.05) is 13.0 Å². The minimum Gasteiger partial charge on any atom is -0.389 e. The number of aliphatic hydroxyl groups is 1. The highest BCUT2D eigenvalue weighted by Gasteiger charge is 2.22. The smallest absolute Gasteiger partial charge is 0.240 e. The van der Waals surface area contributed by atoms with Gasteiger partial charge in [-0.3, -0.25) is 0 Å². The van der Waals surface area contributed by atoms with Gasteiger partial charge in [-0.15, -0.1) is 0 Å². The maximum absolute atomic E-state index is 12.9. The summed E-state index contributed by atoms with van der Waals surface area (Å²) in [6.45, 7) is 3.17. The van der Waals surface area contributed by atoms with Gasteiger partial charge in [-0.25, -0.2) is 17.5 Å². The summed E-state index contributed by atoms with van der Waals surface area (Å²) >= 11 is 0. The largest absolute Gasteiger partial charge is 0.389 e. The highest BCUT2D eigenvalue weighted by molar-refractivity contribution is 7.89. The Morgan fingerprint density at radius 2 is 2.12 bits per heavy atom. The lowest BCUT2D eigenvalue weighted by Gasteiger charge is -2.21. The van der Waals surface area contributed by atoms with Gasteiger partial charge in [0.25, 0.3) is 0 Å². The van der Waals surface area contributed by atoms with E-state index in [1.807, 2.05) is 0 Å². The molecule has 4 nitrogen and oxygen atoms in total. The molecule has 0 aliphatic rings. The quantitative estimate of drug-likeness (QED) is 0.838. The van der Waals surface area contributed by atoms with Gasteiger partial charge in [-0.2, -0.15) is 0 Å². The standard InChI is InChI=1S/C11H16FNO3S/c1-3-11(2,14)8-13-17(15,16)10-6-4-5-9(12)7-10/h4-7,13-14H,3,8H2,1-2H3. The maximum atomic E-state index is 12.9. The van der Waals surface area contributed by atoms with Crippen LogP contribution in [0.25, 0.3) is 0 Å². The molecule has 0 aliphatic heterocycles. The van der Waals surface area contributed by atoms with Crippen molar-refractivity contribution in [1.82, 2.24) is 4.72 Å². The second kappa shape index (κ2) is 5.12. The molecule has 1 atom stereocenters. The summed E-state index contributed by atoms with van der Waals surface area (Å²) in [5, 5.41) is 9.69. The van der Waals surface area contributed by atoms with E-state index in [0.717, 1.165) is 6.07 Å². The van der Waals surface area contributed by atoms with Crippen molar-refractivity contribution in [3.8, 4) is 0 Å². The van der Waals surface area contributed by atoms with Gasteiger partial charge >= 0.3 is 0 Å². The van der Waals surface area contributed by atoms with Crippen LogP contribution in [0, 0.1) is 5.82 Å². The van der Waals surface area contributed by atoms with Gasteiger partial charge < -0.3 is 5.11 Å². The average Bonchev–Trinajstić information content (AvgIpc) is 2.27. The van der Waals surface area contributed by atoms with Crippen LogP contribution in [0.3, 0.4) is 0 Å². The van der Waals surface area contributed by atoms with Crippen LogP contribution in [-0.4, -0.2) is 25.7 Å². The molecule has 1 rings (SSSR count). The summed E-state index contributed by atoms with van der Waals surface area (Å²) in [5.74, 6) is -0.616. The molecule has 0 spiro atoms. The predicted molar refractivity (Wildman–Crippen MR) is 62.5 cm³/mol. The summed E-state index contributed by atoms with van der Waals surface area (Å²) in [6.07, 6.45) is 0.415. The lowest BCUT2D eigenvalue weighted by molar-refractivity contribution is 0.0613. The van der Waals surface area contributed by atoms with Crippen molar-refractivity contribution in [2.75, 3.05) is 6.54 Å². The summed E-state index contributed by atoms with van der Waals surface area (Å²) in [7, 11) is -3.78. The van der Waals surface area contributed by atoms with Crippen molar-refractivity contribution in [2.45, 2.75) is 30.8 Å². The van der Waals surface area contributed by atoms with E-state index in [4.69, 9.17) is 0 Å². The number of sulfonamides is 1. The Hall–Kier alpha value is -0.980. The van der Waals surface area contributed by atoms with Gasteiger partial charge in [0.1, 0.15) is 5.82 Å². The molecule has 0 bridgehead atoms. The molecule has 0 radical (unpaired) electrons. The Labute approximate surface area is 101 Å². The zero-order valence-electron chi connectivity index (χ0n) is 9.77. The molecule has 0 saturated carbocycles. The van der Waals surface area contributed by atoms with Crippen molar-refractivity contribution in [1.29, 1.82) is 0 Å². The Balaban J connectivity index is 2.83. The Morgan fingerprint density at radius 1 is 1.47 bits per heavy atom. The molecule has 1 aromatic carbocycles. The van der Waals surface area contributed by atoms with E-state index in [2.05, 4.69) is 4.72 Å². The first-order valence-electron chi connectivity index (χ1n) is 5.24. The molecule has 1 aromatic rings. The number of nitrogens with one attached hydrogen (secondary N) is 1. The van der Waals surface area contributed by atoms with Gasteiger partial charge in [0.05, 0.1) is 10.5 Å². The van der Waals surface area contributed by atoms with Gasteiger partial charge in [0.15, 0.2) is 0 Å². The fraction of sp³-hybridized carbons (Fsp3) is 0.455. The normalized spacial score (nSPS) is 15.5. The molecule has 0 heterocycles. The number of benzene rings is 1. The molecule has 0 amide bonds. The minimum absolute atomic E-state index is 0.109. The van der Waals surface area contributed by atoms with Crippen LogP contribution in [0.15, 0.2) is 29.2 Å². The fourth-order valence-corrected chi connectivity index (χ4v) is 2.29. The molecular weight excluding hydrogens is 245 g/mol. The van der Waals surface area contributed by atoms with Crippen LogP contribution < -0.4 is 4.72 Å². The molecule has 0 aliphatic carbocycles. The van der Waals surface area contributed by atoms with Crippen molar-refractivity contribution >= 4 is 10.0 Å². The van der Waals surface area contributed by atoms with Crippen LogP contribution in [0.5, 0.6) is 0 Å². The molecule has 2 N–H and O–H groups in total. The molecule has 96 valence electrons. The fourth-order valence-electron chi connectivity index (χ4n) is 1.09. The van der Waals surface area contributed by atoms with E-state index in [1.165, 1.54) is 25.1 Å². The van der Waals surface area contributed by atoms with Crippen molar-refractivity contribution in [2.24, 2.45) is 0 Å². The van der Waals surface area contributed by atoms with Crippen molar-refractivity contribution in [3.63, 3.8) is 0 Å². The van der Waals surface area contributed by atoms with Crippen LogP contribution in [0.4, 0.5) is 4.39 Å². The van der Waals surface area contributed by atoms with Crippen molar-refractivity contribution < 1.29 is 17.9 Å². The zero-order chi connectivity index (χ0) is 13.1. The summed E-state index contributed by atoms with van der Waals surface area (Å²) in [5.41, 5.74) is -1.11. The third-order valence-corrected chi connectivity index (χ3v) is 3.91. The second-order valence-electron chi connectivity index (χ2n) is 4.13. The second-order valence-corrected chi connectivity index (χ2v) is 5.90. The highest BCUT2D eigenvalue weighted by atomic mass is 32.2. The van der Waals surface area contributed by atoms with Gasteiger partial charge in [-0.05, 0) is 31.5 Å². The number of rotatable bonds is 5. The molecule has 0 aromatic heterocycles. The third-order valence-electron chi connectivity index (χ3n) is 2.51. The molecular formula is C11H16FNO3S. The van der Waals surface area contributed by atoms with E-state index >= 15 is 0 Å². The third kappa shape index (κ3) is 4.07. The number of hydrogen-bond donors (Lipinski definition) is 2. The minimum atomic E-state index is -3.78. The van der Waals surface area contributed by atoms with E-state index in [-0.39, 0.29) is 11.4 Å². The van der Waals surface area contributed by atoms with Crippen LogP contribution >= 0.6 is 0 Å². The van der Waals surface area contributed by atoms with Crippen LogP contribution in [0.2, 0.25) is 0 Å². The van der Waals surface area contributed by atoms with E-state index < -0.39 is 21.4 Å². The Morgan fingerprint density at radius 3 is 2.65 bits per heavy atom. The van der Waals surface area contributed by atoms with Crippen LogP contribution in [-0.2, 0) is 10.0 Å². The predicted octanol–water partition coefficient (Wildman–Crippen LogP) is 1.26.